The summed E-state index contributed by atoms with van der Waals surface area (Å²) >= 11 is 7.29. The Kier molecular flexibility index (Phi) is 6.59. The summed E-state index contributed by atoms with van der Waals surface area (Å²) < 4.78 is 7.64. The van der Waals surface area contributed by atoms with E-state index in [0.29, 0.717) is 16.0 Å². The molecular weight excluding hydrogens is 396 g/mol. The van der Waals surface area contributed by atoms with E-state index in [0.717, 1.165) is 22.6 Å². The molecule has 8 heteroatoms. The molecule has 0 radical (unpaired) electrons. The van der Waals surface area contributed by atoms with E-state index in [1.165, 1.54) is 11.8 Å². The lowest BCUT2D eigenvalue weighted by molar-refractivity contribution is -0.113. The van der Waals surface area contributed by atoms with E-state index in [9.17, 15) is 4.79 Å². The van der Waals surface area contributed by atoms with Gasteiger partial charge in [0.15, 0.2) is 11.0 Å². The van der Waals surface area contributed by atoms with Gasteiger partial charge in [-0.15, -0.1) is 10.2 Å². The molecule has 3 rings (SSSR count). The van der Waals surface area contributed by atoms with Gasteiger partial charge < -0.3 is 14.6 Å². The highest BCUT2D eigenvalue weighted by atomic mass is 35.5. The highest BCUT2D eigenvalue weighted by Crippen LogP contribution is 2.23. The zero-order valence-electron chi connectivity index (χ0n) is 15.9. The van der Waals surface area contributed by atoms with Crippen LogP contribution in [0.1, 0.15) is 17.0 Å². The van der Waals surface area contributed by atoms with Crippen molar-refractivity contribution in [2.24, 2.45) is 7.05 Å². The molecule has 0 atom stereocenters. The van der Waals surface area contributed by atoms with E-state index in [1.807, 2.05) is 61.9 Å². The molecule has 0 aliphatic carbocycles. The maximum Gasteiger partial charge on any atom is 0.234 e. The normalized spacial score (nSPS) is 10.7. The van der Waals surface area contributed by atoms with Crippen molar-refractivity contribution in [3.05, 3.63) is 64.4 Å². The topological polar surface area (TPSA) is 69.0 Å². The SMILES string of the molecule is Cc1ccc(NC(=O)CSc2nnc(COc3ccc(Cl)cc3C)n2C)cc1. The first-order valence-electron chi connectivity index (χ1n) is 8.69. The maximum atomic E-state index is 12.1. The van der Waals surface area contributed by atoms with Crippen molar-refractivity contribution in [1.82, 2.24) is 14.8 Å². The molecule has 1 aromatic heterocycles. The van der Waals surface area contributed by atoms with Gasteiger partial charge in [-0.3, -0.25) is 4.79 Å². The number of carbonyl (C=O) groups is 1. The number of thioether (sulfide) groups is 1. The number of hydrogen-bond acceptors (Lipinski definition) is 5. The molecule has 6 nitrogen and oxygen atoms in total. The van der Waals surface area contributed by atoms with Gasteiger partial charge in [-0.2, -0.15) is 0 Å². The fraction of sp³-hybridized carbons (Fsp3) is 0.250. The second kappa shape index (κ2) is 9.12. The van der Waals surface area contributed by atoms with Crippen LogP contribution in [0.5, 0.6) is 5.75 Å². The first-order chi connectivity index (χ1) is 13.4. The summed E-state index contributed by atoms with van der Waals surface area (Å²) in [5.41, 5.74) is 2.88. The number of rotatable bonds is 7. The monoisotopic (exact) mass is 416 g/mol. The number of benzene rings is 2. The van der Waals surface area contributed by atoms with Gasteiger partial charge in [0, 0.05) is 17.8 Å². The van der Waals surface area contributed by atoms with E-state index in [2.05, 4.69) is 15.5 Å². The van der Waals surface area contributed by atoms with Crippen LogP contribution < -0.4 is 10.1 Å². The predicted molar refractivity (Wildman–Crippen MR) is 112 cm³/mol. The van der Waals surface area contributed by atoms with Crippen molar-refractivity contribution < 1.29 is 9.53 Å². The largest absolute Gasteiger partial charge is 0.485 e. The molecule has 2 aromatic carbocycles. The van der Waals surface area contributed by atoms with Crippen LogP contribution in [0.3, 0.4) is 0 Å². The van der Waals surface area contributed by atoms with Gasteiger partial charge in [0.2, 0.25) is 5.91 Å². The molecule has 146 valence electrons. The minimum atomic E-state index is -0.0913. The Labute approximate surface area is 173 Å². The molecule has 28 heavy (non-hydrogen) atoms. The highest BCUT2D eigenvalue weighted by molar-refractivity contribution is 7.99. The smallest absolute Gasteiger partial charge is 0.234 e. The number of aryl methyl sites for hydroxylation is 2. The number of carbonyl (C=O) groups excluding carboxylic acids is 1. The van der Waals surface area contributed by atoms with Crippen molar-refractivity contribution in [1.29, 1.82) is 0 Å². The Bertz CT molecular complexity index is 973. The van der Waals surface area contributed by atoms with Crippen LogP contribution >= 0.6 is 23.4 Å². The molecular formula is C20H21ClN4O2S. The number of ether oxygens (including phenoxy) is 1. The number of halogens is 1. The van der Waals surface area contributed by atoms with E-state index in [4.69, 9.17) is 16.3 Å². The third kappa shape index (κ3) is 5.27. The summed E-state index contributed by atoms with van der Waals surface area (Å²) in [5, 5.41) is 12.5. The van der Waals surface area contributed by atoms with E-state index in [1.54, 1.807) is 6.07 Å². The summed E-state index contributed by atoms with van der Waals surface area (Å²) in [6.45, 7) is 4.22. The van der Waals surface area contributed by atoms with Gasteiger partial charge in [-0.25, -0.2) is 0 Å². The third-order valence-corrected chi connectivity index (χ3v) is 5.34. The first-order valence-corrected chi connectivity index (χ1v) is 10.1. The zero-order valence-corrected chi connectivity index (χ0v) is 17.5. The van der Waals surface area contributed by atoms with Gasteiger partial charge in [0.25, 0.3) is 0 Å². The molecule has 0 aliphatic rings. The van der Waals surface area contributed by atoms with Crippen LogP contribution in [0.4, 0.5) is 5.69 Å². The van der Waals surface area contributed by atoms with Gasteiger partial charge in [-0.1, -0.05) is 41.1 Å². The fourth-order valence-electron chi connectivity index (χ4n) is 2.48. The number of nitrogens with one attached hydrogen (secondary N) is 1. The number of anilines is 1. The van der Waals surface area contributed by atoms with Crippen LogP contribution in [0.25, 0.3) is 0 Å². The Morgan fingerprint density at radius 3 is 2.64 bits per heavy atom. The predicted octanol–water partition coefficient (Wildman–Crippen LogP) is 4.40. The summed E-state index contributed by atoms with van der Waals surface area (Å²) in [7, 11) is 1.85. The minimum Gasteiger partial charge on any atom is -0.485 e. The van der Waals surface area contributed by atoms with Crippen molar-refractivity contribution in [2.75, 3.05) is 11.1 Å². The van der Waals surface area contributed by atoms with E-state index >= 15 is 0 Å². The molecule has 0 saturated carbocycles. The summed E-state index contributed by atoms with van der Waals surface area (Å²) in [6.07, 6.45) is 0. The van der Waals surface area contributed by atoms with Crippen molar-refractivity contribution >= 4 is 35.0 Å². The van der Waals surface area contributed by atoms with Crippen molar-refractivity contribution in [3.63, 3.8) is 0 Å². The van der Waals surface area contributed by atoms with Gasteiger partial charge in [0.1, 0.15) is 12.4 Å². The molecule has 0 bridgehead atoms. The Morgan fingerprint density at radius 2 is 1.93 bits per heavy atom. The Hall–Kier alpha value is -2.51. The van der Waals surface area contributed by atoms with Crippen molar-refractivity contribution in [3.8, 4) is 5.75 Å². The molecule has 1 N–H and O–H groups in total. The second-order valence-electron chi connectivity index (χ2n) is 6.36. The summed E-state index contributed by atoms with van der Waals surface area (Å²) in [4.78, 5) is 12.1. The standard InChI is InChI=1S/C20H21ClN4O2S/c1-13-4-7-16(8-5-13)22-19(26)12-28-20-24-23-18(25(20)3)11-27-17-9-6-15(21)10-14(17)2/h4-10H,11-12H2,1-3H3,(H,22,26). The molecule has 0 saturated heterocycles. The highest BCUT2D eigenvalue weighted by Gasteiger charge is 2.13. The average Bonchev–Trinajstić information content (AvgIpc) is 3.01. The lowest BCUT2D eigenvalue weighted by atomic mass is 10.2. The lowest BCUT2D eigenvalue weighted by Gasteiger charge is -2.09. The molecule has 1 heterocycles. The van der Waals surface area contributed by atoms with Crippen LogP contribution in [0.2, 0.25) is 5.02 Å². The Balaban J connectivity index is 1.54. The van der Waals surface area contributed by atoms with Crippen molar-refractivity contribution in [2.45, 2.75) is 25.6 Å². The molecule has 3 aromatic rings. The quantitative estimate of drug-likeness (QED) is 0.578. The Morgan fingerprint density at radius 1 is 1.18 bits per heavy atom. The first kappa shape index (κ1) is 20.2. The molecule has 0 aliphatic heterocycles. The molecule has 0 spiro atoms. The fourth-order valence-corrected chi connectivity index (χ4v) is 3.43. The van der Waals surface area contributed by atoms with Crippen LogP contribution in [-0.4, -0.2) is 26.4 Å². The van der Waals surface area contributed by atoms with Gasteiger partial charge >= 0.3 is 0 Å². The second-order valence-corrected chi connectivity index (χ2v) is 7.74. The lowest BCUT2D eigenvalue weighted by Crippen LogP contribution is -2.14. The third-order valence-electron chi connectivity index (χ3n) is 4.09. The summed E-state index contributed by atoms with van der Waals surface area (Å²) in [5.74, 6) is 1.58. The van der Waals surface area contributed by atoms with E-state index < -0.39 is 0 Å². The van der Waals surface area contributed by atoms with Crippen LogP contribution in [0.15, 0.2) is 47.6 Å². The van der Waals surface area contributed by atoms with Crippen LogP contribution in [-0.2, 0) is 18.4 Å². The number of aromatic nitrogens is 3. The van der Waals surface area contributed by atoms with Gasteiger partial charge in [0.05, 0.1) is 5.75 Å². The molecule has 0 fully saturated rings. The van der Waals surface area contributed by atoms with E-state index in [-0.39, 0.29) is 18.3 Å². The maximum absolute atomic E-state index is 12.1. The molecule has 0 unspecified atom stereocenters. The molecule has 1 amide bonds. The minimum absolute atomic E-state index is 0.0913. The number of hydrogen-bond donors (Lipinski definition) is 1. The summed E-state index contributed by atoms with van der Waals surface area (Å²) in [6, 6.07) is 13.2. The number of nitrogens with zero attached hydrogens (tertiary/aromatic N) is 3. The zero-order chi connectivity index (χ0) is 20.1. The average molecular weight is 417 g/mol. The number of amides is 1. The van der Waals surface area contributed by atoms with Crippen LogP contribution in [0, 0.1) is 13.8 Å². The van der Waals surface area contributed by atoms with Gasteiger partial charge in [-0.05, 0) is 49.7 Å².